The summed E-state index contributed by atoms with van der Waals surface area (Å²) in [6, 6.07) is 5.46. The van der Waals surface area contributed by atoms with E-state index in [0.717, 1.165) is 19.3 Å². The number of aromatic nitrogens is 1. The Balaban J connectivity index is 2.83. The van der Waals surface area contributed by atoms with Gasteiger partial charge in [-0.15, -0.1) is 0 Å². The Morgan fingerprint density at radius 2 is 1.65 bits per heavy atom. The van der Waals surface area contributed by atoms with E-state index in [4.69, 9.17) is 14.2 Å². The van der Waals surface area contributed by atoms with E-state index in [1.165, 1.54) is 4.90 Å². The van der Waals surface area contributed by atoms with Gasteiger partial charge < -0.3 is 14.2 Å². The molecule has 1 aromatic heterocycles. The van der Waals surface area contributed by atoms with Gasteiger partial charge in [0.15, 0.2) is 11.6 Å². The van der Waals surface area contributed by atoms with E-state index in [0.29, 0.717) is 47.8 Å². The number of nitrogens with zero attached hydrogens (tertiary/aromatic N) is 2. The summed E-state index contributed by atoms with van der Waals surface area (Å²) in [4.78, 5) is 28.3. The van der Waals surface area contributed by atoms with Gasteiger partial charge in [0.2, 0.25) is 0 Å². The van der Waals surface area contributed by atoms with Crippen molar-refractivity contribution < 1.29 is 19.0 Å². The van der Waals surface area contributed by atoms with Crippen LogP contribution in [0.2, 0.25) is 0 Å². The van der Waals surface area contributed by atoms with Crippen molar-refractivity contribution in [1.82, 2.24) is 4.57 Å². The molecule has 0 aliphatic carbocycles. The normalized spacial score (nSPS) is 12.0. The summed E-state index contributed by atoms with van der Waals surface area (Å²) >= 11 is 0. The molecular formula is C27H42N2O5. The summed E-state index contributed by atoms with van der Waals surface area (Å²) in [5.41, 5.74) is -1.09. The summed E-state index contributed by atoms with van der Waals surface area (Å²) in [6.07, 6.45) is 2.15. The van der Waals surface area contributed by atoms with Gasteiger partial charge in [-0.1, -0.05) is 41.0 Å². The molecule has 2 aromatic rings. The number of hydrogen-bond acceptors (Lipinski definition) is 5. The maximum atomic E-state index is 13.8. The largest absolute Gasteiger partial charge is 0.494 e. The summed E-state index contributed by atoms with van der Waals surface area (Å²) in [6.45, 7) is 17.2. The molecule has 0 bridgehead atoms. The minimum atomic E-state index is -0.675. The zero-order valence-corrected chi connectivity index (χ0v) is 22.4. The number of carbonyl (C=O) groups excluding carboxylic acids is 1. The lowest BCUT2D eigenvalue weighted by atomic mass is 9.96. The molecule has 0 atom stereocenters. The second-order valence-electron chi connectivity index (χ2n) is 10.9. The first-order valence-corrected chi connectivity index (χ1v) is 12.2. The van der Waals surface area contributed by atoms with E-state index in [9.17, 15) is 9.59 Å². The first-order valence-electron chi connectivity index (χ1n) is 12.2. The fourth-order valence-corrected chi connectivity index (χ4v) is 3.52. The molecule has 0 aliphatic rings. The van der Waals surface area contributed by atoms with Crippen LogP contribution in [0.5, 0.6) is 11.5 Å². The molecule has 7 heteroatoms. The van der Waals surface area contributed by atoms with Gasteiger partial charge >= 0.3 is 6.09 Å². The van der Waals surface area contributed by atoms with Gasteiger partial charge in [0, 0.05) is 19.0 Å². The average molecular weight is 475 g/mol. The van der Waals surface area contributed by atoms with E-state index in [1.54, 1.807) is 17.7 Å². The lowest BCUT2D eigenvalue weighted by Gasteiger charge is -2.30. The maximum Gasteiger partial charge on any atom is 0.415 e. The number of amides is 1. The first kappa shape index (κ1) is 27.5. The number of anilines is 1. The maximum absolute atomic E-state index is 13.8. The van der Waals surface area contributed by atoms with Crippen molar-refractivity contribution in [2.24, 2.45) is 5.41 Å². The Hall–Kier alpha value is -2.70. The fraction of sp³-hybridized carbons (Fsp3) is 0.630. The van der Waals surface area contributed by atoms with Gasteiger partial charge in [0.1, 0.15) is 11.4 Å². The third-order valence-electron chi connectivity index (χ3n) is 5.00. The highest BCUT2D eigenvalue weighted by Crippen LogP contribution is 2.37. The van der Waals surface area contributed by atoms with E-state index < -0.39 is 11.7 Å². The Morgan fingerprint density at radius 3 is 2.21 bits per heavy atom. The van der Waals surface area contributed by atoms with Crippen LogP contribution in [0.15, 0.2) is 23.0 Å². The Bertz CT molecular complexity index is 1040. The zero-order valence-electron chi connectivity index (χ0n) is 22.4. The summed E-state index contributed by atoms with van der Waals surface area (Å²) in [5.74, 6) is 1.55. The van der Waals surface area contributed by atoms with Crippen molar-refractivity contribution in [3.8, 4) is 11.5 Å². The summed E-state index contributed by atoms with van der Waals surface area (Å²) in [5, 5.41) is 1.16. The molecule has 0 fully saturated rings. The van der Waals surface area contributed by atoms with Crippen molar-refractivity contribution >= 4 is 22.7 Å². The summed E-state index contributed by atoms with van der Waals surface area (Å²) < 4.78 is 19.3. The van der Waals surface area contributed by atoms with Gasteiger partial charge in [-0.25, -0.2) is 4.79 Å². The van der Waals surface area contributed by atoms with Crippen LogP contribution in [-0.2, 0) is 11.3 Å². The van der Waals surface area contributed by atoms with Crippen LogP contribution in [0.3, 0.4) is 0 Å². The molecular weight excluding hydrogens is 432 g/mol. The standard InChI is InChI=1S/C27H42N2O5/c1-10-12-16-33-22-20-14-13-19(32-15-11-2)17-21(20)24(30)29(18-26(3,4)5)23(22)28(9)25(31)34-27(6,7)8/h13-14,17H,10-12,15-16,18H2,1-9H3. The molecule has 0 radical (unpaired) electrons. The monoisotopic (exact) mass is 474 g/mol. The molecule has 0 saturated carbocycles. The van der Waals surface area contributed by atoms with E-state index in [1.807, 2.05) is 39.8 Å². The third-order valence-corrected chi connectivity index (χ3v) is 5.00. The molecule has 0 saturated heterocycles. The van der Waals surface area contributed by atoms with Gasteiger partial charge in [-0.2, -0.15) is 0 Å². The molecule has 0 aliphatic heterocycles. The van der Waals surface area contributed by atoms with Crippen molar-refractivity contribution in [3.63, 3.8) is 0 Å². The number of fused-ring (bicyclic) bond motifs is 1. The van der Waals surface area contributed by atoms with Gasteiger partial charge in [0.05, 0.1) is 18.6 Å². The third kappa shape index (κ3) is 7.15. The number of rotatable bonds is 9. The summed E-state index contributed by atoms with van der Waals surface area (Å²) in [7, 11) is 1.62. The lowest BCUT2D eigenvalue weighted by molar-refractivity contribution is 0.0585. The minimum absolute atomic E-state index is 0.194. The predicted octanol–water partition coefficient (Wildman–Crippen LogP) is 6.39. The van der Waals surface area contributed by atoms with Crippen molar-refractivity contribution in [3.05, 3.63) is 28.6 Å². The van der Waals surface area contributed by atoms with E-state index in [-0.39, 0.29) is 11.0 Å². The van der Waals surface area contributed by atoms with Crippen LogP contribution in [-0.4, -0.2) is 36.5 Å². The molecule has 34 heavy (non-hydrogen) atoms. The van der Waals surface area contributed by atoms with E-state index >= 15 is 0 Å². The van der Waals surface area contributed by atoms with Crippen LogP contribution < -0.4 is 19.9 Å². The molecule has 1 aromatic carbocycles. The zero-order chi connectivity index (χ0) is 25.7. The molecule has 1 amide bonds. The number of benzene rings is 1. The van der Waals surface area contributed by atoms with Crippen molar-refractivity contribution in [2.75, 3.05) is 25.2 Å². The molecule has 0 spiro atoms. The van der Waals surface area contributed by atoms with Gasteiger partial charge in [-0.05, 0) is 57.2 Å². The fourth-order valence-electron chi connectivity index (χ4n) is 3.52. The highest BCUT2D eigenvalue weighted by molar-refractivity contribution is 5.97. The molecule has 190 valence electrons. The number of pyridine rings is 1. The molecule has 0 N–H and O–H groups in total. The Labute approximate surface area is 204 Å². The predicted molar refractivity (Wildman–Crippen MR) is 138 cm³/mol. The number of carbonyl (C=O) groups is 1. The van der Waals surface area contributed by atoms with Crippen LogP contribution in [0.4, 0.5) is 10.6 Å². The number of unbranched alkanes of at least 4 members (excludes halogenated alkanes) is 1. The Morgan fingerprint density at radius 1 is 0.971 bits per heavy atom. The van der Waals surface area contributed by atoms with Crippen LogP contribution in [0.25, 0.3) is 10.8 Å². The SMILES string of the molecule is CCCCOc1c(N(C)C(=O)OC(C)(C)C)n(CC(C)(C)C)c(=O)c2cc(OCCC)ccc12. The number of hydrogen-bond donors (Lipinski definition) is 0. The topological polar surface area (TPSA) is 70.0 Å². The molecule has 1 heterocycles. The molecule has 7 nitrogen and oxygen atoms in total. The smallest absolute Gasteiger partial charge is 0.415 e. The highest BCUT2D eigenvalue weighted by Gasteiger charge is 2.29. The average Bonchev–Trinajstić information content (AvgIpc) is 2.72. The van der Waals surface area contributed by atoms with E-state index in [2.05, 4.69) is 27.7 Å². The second kappa shape index (κ2) is 11.2. The van der Waals surface area contributed by atoms with Gasteiger partial charge in [-0.3, -0.25) is 14.3 Å². The van der Waals surface area contributed by atoms with Gasteiger partial charge in [0.25, 0.3) is 5.56 Å². The quantitative estimate of drug-likeness (QED) is 0.394. The van der Waals surface area contributed by atoms with Crippen LogP contribution in [0, 0.1) is 5.41 Å². The first-order chi connectivity index (χ1) is 15.8. The molecule has 0 unspecified atom stereocenters. The Kier molecular flexibility index (Phi) is 9.03. The molecule has 2 rings (SSSR count). The second-order valence-corrected chi connectivity index (χ2v) is 10.9. The van der Waals surface area contributed by atoms with Crippen LogP contribution >= 0.6 is 0 Å². The van der Waals surface area contributed by atoms with Crippen molar-refractivity contribution in [1.29, 1.82) is 0 Å². The van der Waals surface area contributed by atoms with Crippen LogP contribution in [0.1, 0.15) is 74.7 Å². The lowest BCUT2D eigenvalue weighted by Crippen LogP contribution is -2.39. The van der Waals surface area contributed by atoms with Crippen molar-refractivity contribution in [2.45, 2.75) is 86.8 Å². The highest BCUT2D eigenvalue weighted by atomic mass is 16.6. The minimum Gasteiger partial charge on any atom is -0.494 e. The number of ether oxygens (including phenoxy) is 3.